The van der Waals surface area contributed by atoms with Gasteiger partial charge >= 0.3 is 53.9 Å². The largest absolute Gasteiger partial charge is 1.00 e. The van der Waals surface area contributed by atoms with E-state index < -0.39 is 0 Å². The van der Waals surface area contributed by atoms with Gasteiger partial charge in [0.05, 0.1) is 0 Å². The monoisotopic (exact) mass is 984 g/mol. The molecule has 0 N–H and O–H groups in total. The van der Waals surface area contributed by atoms with Gasteiger partial charge in [-0.25, -0.2) is 45.6 Å². The molecular formula is C30H46Cl2Ge2Hf2-6. The van der Waals surface area contributed by atoms with E-state index in [1.807, 2.05) is 0 Å². The van der Waals surface area contributed by atoms with Crippen LogP contribution in [0.2, 0.25) is 23.0 Å². The molecule has 4 aliphatic carbocycles. The Bertz CT molecular complexity index is 655. The van der Waals surface area contributed by atoms with E-state index in [1.165, 1.54) is 33.4 Å². The molecule has 0 aromatic rings. The molecule has 0 heterocycles. The third kappa shape index (κ3) is 33.4. The zero-order valence-electron chi connectivity index (χ0n) is 24.2. The van der Waals surface area contributed by atoms with Gasteiger partial charge in [0.2, 0.25) is 0 Å². The van der Waals surface area contributed by atoms with Gasteiger partial charge in [-0.1, -0.05) is 27.7 Å². The van der Waals surface area contributed by atoms with E-state index in [0.717, 1.165) is 25.7 Å². The minimum atomic E-state index is 0. The molecule has 6 heteroatoms. The maximum Gasteiger partial charge on any atom is 0 e. The van der Waals surface area contributed by atoms with E-state index in [0.29, 0.717) is 30.9 Å². The van der Waals surface area contributed by atoms with Crippen LogP contribution in [0.3, 0.4) is 0 Å². The van der Waals surface area contributed by atoms with Crippen molar-refractivity contribution in [2.45, 2.75) is 90.3 Å². The van der Waals surface area contributed by atoms with Crippen molar-refractivity contribution in [1.82, 2.24) is 0 Å². The maximum atomic E-state index is 3.19. The Morgan fingerprint density at radius 1 is 0.528 bits per heavy atom. The zero-order chi connectivity index (χ0) is 24.8. The number of allylic oxidation sites excluding steroid dienone is 16. The first-order chi connectivity index (χ1) is 15.2. The Balaban J connectivity index is -0.0000000753. The molecule has 0 unspecified atom stereocenters. The molecule has 0 saturated carbocycles. The molecule has 4 rings (SSSR count). The summed E-state index contributed by atoms with van der Waals surface area (Å²) in [5.74, 6) is 9.12. The van der Waals surface area contributed by atoms with Gasteiger partial charge in [0.1, 0.15) is 0 Å². The summed E-state index contributed by atoms with van der Waals surface area (Å²) < 4.78 is 0. The van der Waals surface area contributed by atoms with Crippen LogP contribution >= 0.6 is 0 Å². The molecule has 0 saturated heterocycles. The van der Waals surface area contributed by atoms with Crippen LogP contribution < -0.4 is 24.8 Å². The fraction of sp³-hybridized carbons (Fsp3) is 0.467. The van der Waals surface area contributed by atoms with Crippen LogP contribution in [0.25, 0.3) is 0 Å². The Morgan fingerprint density at radius 2 is 0.806 bits per heavy atom. The van der Waals surface area contributed by atoms with E-state index in [4.69, 9.17) is 0 Å². The summed E-state index contributed by atoms with van der Waals surface area (Å²) in [5.41, 5.74) is 7.96. The number of hydrogen-bond donors (Lipinski definition) is 0. The van der Waals surface area contributed by atoms with Gasteiger partial charge in [-0.3, -0.25) is 24.3 Å². The molecule has 0 aliphatic heterocycles. The second-order valence-corrected chi connectivity index (χ2v) is 12.7. The Kier molecular flexibility index (Phi) is 50.6. The molecule has 2 radical (unpaired) electrons. The average molecular weight is 980 g/mol. The molecule has 202 valence electrons. The first-order valence-corrected chi connectivity index (χ1v) is 21.4. The predicted molar refractivity (Wildman–Crippen MR) is 152 cm³/mol. The van der Waals surface area contributed by atoms with Crippen molar-refractivity contribution in [3.05, 3.63) is 94.2 Å². The topological polar surface area (TPSA) is 0 Å². The van der Waals surface area contributed by atoms with Crippen LogP contribution in [0.1, 0.15) is 67.2 Å². The van der Waals surface area contributed by atoms with Crippen LogP contribution in [0.15, 0.2) is 69.9 Å². The summed E-state index contributed by atoms with van der Waals surface area (Å²) in [5, 5.41) is 0. The maximum absolute atomic E-state index is 3.19. The first kappa shape index (κ1) is 50.2. The third-order valence-corrected chi connectivity index (χ3v) is 4.47. The fourth-order valence-corrected chi connectivity index (χ4v) is 2.33. The Morgan fingerprint density at radius 3 is 0.861 bits per heavy atom. The first-order valence-electron chi connectivity index (χ1n) is 11.7. The van der Waals surface area contributed by atoms with E-state index in [9.17, 15) is 0 Å². The van der Waals surface area contributed by atoms with E-state index in [-0.39, 0.29) is 76.5 Å². The van der Waals surface area contributed by atoms with Crippen molar-refractivity contribution >= 4 is 30.9 Å². The van der Waals surface area contributed by atoms with Crippen molar-refractivity contribution in [2.75, 3.05) is 0 Å². The van der Waals surface area contributed by atoms with E-state index >= 15 is 0 Å². The van der Waals surface area contributed by atoms with E-state index in [2.05, 4.69) is 125 Å². The summed E-state index contributed by atoms with van der Waals surface area (Å²) in [6, 6.07) is 0. The van der Waals surface area contributed by atoms with Gasteiger partial charge in [0.25, 0.3) is 0 Å². The second-order valence-electron chi connectivity index (χ2n) is 7.87. The fourth-order valence-electron chi connectivity index (χ4n) is 2.33. The summed E-state index contributed by atoms with van der Waals surface area (Å²) in [6.07, 6.45) is 29.5. The molecule has 36 heavy (non-hydrogen) atoms. The molecule has 0 spiro atoms. The summed E-state index contributed by atoms with van der Waals surface area (Å²) >= 11 is 0.625. The standard InChI is InChI=1S/2C7H9.2C6H7.2C2H7Ge.2ClH.2Hf/c2*1-6-4-3-5-7(6)2;2*1-6-4-2-3-5-6;2*1-3-2;;;;/h2*4H,3H2,1-2H3;2*2,4H,3H2,1H3;2*3H,1-2H3;2*1H;;/q4*-1;;;;;;/p-2. The van der Waals surface area contributed by atoms with Crippen LogP contribution in [-0.2, 0) is 51.7 Å². The van der Waals surface area contributed by atoms with Gasteiger partial charge in [-0.15, -0.1) is 39.5 Å². The SMILES string of the molecule is CC1=[C-]CC=C1.CC1=[C-]CC=C1.CC1=[C-]CC=C1C.CC1=[C-]CC=C1C.[CH3][GeH][CH3].[CH3][GeH][CH3].[Cl-].[Cl-].[Hf].[Hf]. The Labute approximate surface area is 288 Å². The summed E-state index contributed by atoms with van der Waals surface area (Å²) in [6.45, 7) is 12.6. The van der Waals surface area contributed by atoms with Crippen molar-refractivity contribution in [1.29, 1.82) is 0 Å². The number of halogens is 2. The minimum absolute atomic E-state index is 0. The average Bonchev–Trinajstić information content (AvgIpc) is 3.55. The molecule has 0 fully saturated rings. The van der Waals surface area contributed by atoms with Crippen molar-refractivity contribution in [3.8, 4) is 0 Å². The van der Waals surface area contributed by atoms with Gasteiger partial charge in [-0.05, 0) is 0 Å². The van der Waals surface area contributed by atoms with Crippen molar-refractivity contribution in [2.24, 2.45) is 0 Å². The quantitative estimate of drug-likeness (QED) is 0.259. The van der Waals surface area contributed by atoms with Crippen LogP contribution in [0, 0.1) is 24.3 Å². The van der Waals surface area contributed by atoms with Gasteiger partial charge < -0.3 is 24.8 Å². The van der Waals surface area contributed by atoms with Gasteiger partial charge in [-0.2, -0.15) is 24.3 Å². The smallest absolute Gasteiger partial charge is 0 e. The molecular weight excluding hydrogens is 933 g/mol. The van der Waals surface area contributed by atoms with Crippen LogP contribution in [-0.4, -0.2) is 30.9 Å². The molecule has 0 aromatic heterocycles. The van der Waals surface area contributed by atoms with Crippen molar-refractivity contribution in [3.63, 3.8) is 0 Å². The predicted octanol–water partition coefficient (Wildman–Crippen LogP) is 2.60. The number of hydrogen-bond acceptors (Lipinski definition) is 0. The van der Waals surface area contributed by atoms with Crippen LogP contribution in [0.5, 0.6) is 0 Å². The molecule has 0 atom stereocenters. The number of rotatable bonds is 0. The molecule has 0 aromatic carbocycles. The van der Waals surface area contributed by atoms with Gasteiger partial charge in [0, 0.05) is 51.7 Å². The minimum Gasteiger partial charge on any atom is -1.00 e. The summed E-state index contributed by atoms with van der Waals surface area (Å²) in [4.78, 5) is 0. The molecule has 0 nitrogen and oxygen atoms in total. The molecule has 4 aliphatic rings. The van der Waals surface area contributed by atoms with Crippen molar-refractivity contribution < 1.29 is 76.5 Å². The van der Waals surface area contributed by atoms with Crippen LogP contribution in [0.4, 0.5) is 0 Å². The summed E-state index contributed by atoms with van der Waals surface area (Å²) in [7, 11) is 0. The van der Waals surface area contributed by atoms with Gasteiger partial charge in [0.15, 0.2) is 0 Å². The normalized spacial score (nSPS) is 14.6. The second kappa shape index (κ2) is 36.3. The van der Waals surface area contributed by atoms with E-state index in [1.54, 1.807) is 0 Å². The molecule has 0 amide bonds. The molecule has 0 bridgehead atoms. The zero-order valence-corrected chi connectivity index (χ0v) is 37.7. The third-order valence-electron chi connectivity index (χ3n) is 4.47. The Hall–Kier alpha value is 1.33.